The normalized spacial score (nSPS) is 11.5. The molecule has 6 heteroatoms. The molecule has 0 aromatic heterocycles. The number of ether oxygens (including phenoxy) is 1. The van der Waals surface area contributed by atoms with Gasteiger partial charge in [-0.2, -0.15) is 0 Å². The molecule has 3 N–H and O–H groups in total. The van der Waals surface area contributed by atoms with Gasteiger partial charge in [0, 0.05) is 12.7 Å². The Labute approximate surface area is 112 Å². The third kappa shape index (κ3) is 3.59. The highest BCUT2D eigenvalue weighted by molar-refractivity contribution is 7.80. The van der Waals surface area contributed by atoms with Crippen molar-refractivity contribution in [1.29, 1.82) is 0 Å². The minimum absolute atomic E-state index is 0.263. The number of likely N-dealkylation sites (N-methyl/N-ethyl adjacent to an activating group) is 1. The first-order valence-electron chi connectivity index (χ1n) is 5.43. The number of hydrogen-bond acceptors (Lipinski definition) is 3. The predicted molar refractivity (Wildman–Crippen MR) is 76.0 cm³/mol. The van der Waals surface area contributed by atoms with Gasteiger partial charge in [0.2, 0.25) is 0 Å². The van der Waals surface area contributed by atoms with E-state index in [0.717, 1.165) is 5.75 Å². The molecule has 0 spiro atoms. The van der Waals surface area contributed by atoms with Crippen LogP contribution in [0.1, 0.15) is 6.92 Å². The molecule has 0 radical (unpaired) electrons. The van der Waals surface area contributed by atoms with Gasteiger partial charge in [0.1, 0.15) is 5.75 Å². The second-order valence-corrected chi connectivity index (χ2v) is 4.32. The lowest BCUT2D eigenvalue weighted by atomic mass is 10.3. The number of benzene rings is 1. The van der Waals surface area contributed by atoms with Crippen molar-refractivity contribution in [3.63, 3.8) is 0 Å². The average molecular weight is 267 g/mol. The molecule has 0 saturated carbocycles. The SMILES string of the molecule is COc1ccc(NC(=O)N(C)C(C)C(N)=S)cc1. The molecule has 18 heavy (non-hydrogen) atoms. The monoisotopic (exact) mass is 267 g/mol. The smallest absolute Gasteiger partial charge is 0.322 e. The first-order valence-corrected chi connectivity index (χ1v) is 5.83. The highest BCUT2D eigenvalue weighted by Crippen LogP contribution is 2.15. The molecule has 1 aromatic carbocycles. The lowest BCUT2D eigenvalue weighted by Crippen LogP contribution is -2.44. The van der Waals surface area contributed by atoms with Crippen LogP contribution in [0.5, 0.6) is 5.75 Å². The summed E-state index contributed by atoms with van der Waals surface area (Å²) in [7, 11) is 3.23. The fraction of sp³-hybridized carbons (Fsp3) is 0.333. The van der Waals surface area contributed by atoms with Gasteiger partial charge in [-0.05, 0) is 31.2 Å². The van der Waals surface area contributed by atoms with Gasteiger partial charge in [0.15, 0.2) is 0 Å². The zero-order chi connectivity index (χ0) is 13.7. The maximum atomic E-state index is 11.9. The third-order valence-electron chi connectivity index (χ3n) is 2.65. The molecular weight excluding hydrogens is 250 g/mol. The Morgan fingerprint density at radius 2 is 2.00 bits per heavy atom. The number of nitrogens with zero attached hydrogens (tertiary/aromatic N) is 1. The summed E-state index contributed by atoms with van der Waals surface area (Å²) in [4.78, 5) is 13.6. The van der Waals surface area contributed by atoms with Crippen molar-refractivity contribution in [2.45, 2.75) is 13.0 Å². The molecule has 1 unspecified atom stereocenters. The largest absolute Gasteiger partial charge is 0.497 e. The van der Waals surface area contributed by atoms with Crippen LogP contribution in [0.15, 0.2) is 24.3 Å². The summed E-state index contributed by atoms with van der Waals surface area (Å²) < 4.78 is 5.03. The molecule has 0 aliphatic heterocycles. The topological polar surface area (TPSA) is 67.6 Å². The lowest BCUT2D eigenvalue weighted by molar-refractivity contribution is 0.218. The van der Waals surface area contributed by atoms with E-state index in [1.54, 1.807) is 45.3 Å². The number of hydrogen-bond donors (Lipinski definition) is 2. The van der Waals surface area contributed by atoms with Crippen molar-refractivity contribution in [3.8, 4) is 5.75 Å². The van der Waals surface area contributed by atoms with Crippen LogP contribution in [-0.4, -0.2) is 36.1 Å². The van der Waals surface area contributed by atoms with Gasteiger partial charge in [0.25, 0.3) is 0 Å². The standard InChI is InChI=1S/C12H17N3O2S/c1-8(11(13)18)15(2)12(16)14-9-4-6-10(17-3)7-5-9/h4-8H,1-3H3,(H2,13,18)(H,14,16). The lowest BCUT2D eigenvalue weighted by Gasteiger charge is -2.24. The van der Waals surface area contributed by atoms with E-state index in [0.29, 0.717) is 5.69 Å². The number of anilines is 1. The van der Waals surface area contributed by atoms with Gasteiger partial charge < -0.3 is 20.7 Å². The number of thiocarbonyl (C=S) groups is 1. The molecule has 0 bridgehead atoms. The van der Waals surface area contributed by atoms with Gasteiger partial charge in [-0.3, -0.25) is 0 Å². The van der Waals surface area contributed by atoms with E-state index < -0.39 is 0 Å². The Kier molecular flexibility index (Phi) is 4.91. The molecular formula is C12H17N3O2S. The Balaban J connectivity index is 2.66. The number of urea groups is 1. The number of rotatable bonds is 4. The van der Waals surface area contributed by atoms with Crippen LogP contribution in [0.3, 0.4) is 0 Å². The van der Waals surface area contributed by atoms with Crippen molar-refractivity contribution in [2.75, 3.05) is 19.5 Å². The molecule has 0 aliphatic carbocycles. The molecule has 1 aromatic rings. The van der Waals surface area contributed by atoms with Gasteiger partial charge in [-0.25, -0.2) is 4.79 Å². The van der Waals surface area contributed by atoms with Gasteiger partial charge >= 0.3 is 6.03 Å². The van der Waals surface area contributed by atoms with Gasteiger partial charge in [0.05, 0.1) is 18.1 Å². The van der Waals surface area contributed by atoms with Crippen LogP contribution >= 0.6 is 12.2 Å². The van der Waals surface area contributed by atoms with Gasteiger partial charge in [-0.1, -0.05) is 12.2 Å². The van der Waals surface area contributed by atoms with E-state index in [-0.39, 0.29) is 17.1 Å². The van der Waals surface area contributed by atoms with Crippen molar-refractivity contribution in [1.82, 2.24) is 4.90 Å². The van der Waals surface area contributed by atoms with E-state index in [2.05, 4.69) is 5.32 Å². The third-order valence-corrected chi connectivity index (χ3v) is 3.00. The molecule has 0 saturated heterocycles. The predicted octanol–water partition coefficient (Wildman–Crippen LogP) is 1.83. The molecule has 0 fully saturated rings. The minimum Gasteiger partial charge on any atom is -0.497 e. The summed E-state index contributed by atoms with van der Waals surface area (Å²) in [6, 6.07) is 6.50. The number of carbonyl (C=O) groups is 1. The summed E-state index contributed by atoms with van der Waals surface area (Å²) in [5, 5.41) is 2.75. The van der Waals surface area contributed by atoms with Crippen molar-refractivity contribution >= 4 is 28.9 Å². The number of carbonyl (C=O) groups excluding carboxylic acids is 1. The molecule has 0 heterocycles. The van der Waals surface area contributed by atoms with E-state index in [9.17, 15) is 4.79 Å². The zero-order valence-corrected chi connectivity index (χ0v) is 11.5. The number of nitrogens with two attached hydrogens (primary N) is 1. The van der Waals surface area contributed by atoms with Crippen molar-refractivity contribution < 1.29 is 9.53 Å². The number of methoxy groups -OCH3 is 1. The summed E-state index contributed by atoms with van der Waals surface area (Å²) in [6.45, 7) is 1.77. The van der Waals surface area contributed by atoms with E-state index in [4.69, 9.17) is 22.7 Å². The summed E-state index contributed by atoms with van der Waals surface area (Å²) in [5.41, 5.74) is 6.18. The zero-order valence-electron chi connectivity index (χ0n) is 10.6. The van der Waals surface area contributed by atoms with E-state index in [1.807, 2.05) is 0 Å². The van der Waals surface area contributed by atoms with E-state index in [1.165, 1.54) is 4.90 Å². The van der Waals surface area contributed by atoms with Crippen molar-refractivity contribution in [2.24, 2.45) is 5.73 Å². The van der Waals surface area contributed by atoms with Crippen LogP contribution < -0.4 is 15.8 Å². The van der Waals surface area contributed by atoms with Crippen LogP contribution in [0.4, 0.5) is 10.5 Å². The number of nitrogens with one attached hydrogen (secondary N) is 1. The first-order chi connectivity index (χ1) is 8.45. The highest BCUT2D eigenvalue weighted by atomic mass is 32.1. The van der Waals surface area contributed by atoms with Crippen LogP contribution in [-0.2, 0) is 0 Å². The minimum atomic E-state index is -0.293. The Bertz CT molecular complexity index is 433. The Hall–Kier alpha value is -1.82. The second-order valence-electron chi connectivity index (χ2n) is 3.85. The highest BCUT2D eigenvalue weighted by Gasteiger charge is 2.17. The van der Waals surface area contributed by atoms with Gasteiger partial charge in [-0.15, -0.1) is 0 Å². The quantitative estimate of drug-likeness (QED) is 0.817. The second kappa shape index (κ2) is 6.20. The molecule has 98 valence electrons. The fourth-order valence-corrected chi connectivity index (χ4v) is 1.41. The van der Waals surface area contributed by atoms with Crippen LogP contribution in [0, 0.1) is 0 Å². The Morgan fingerprint density at radius 3 is 2.44 bits per heavy atom. The maximum Gasteiger partial charge on any atom is 0.322 e. The summed E-state index contributed by atoms with van der Waals surface area (Å²) in [5.74, 6) is 0.734. The molecule has 1 rings (SSSR count). The van der Waals surface area contributed by atoms with Crippen LogP contribution in [0.25, 0.3) is 0 Å². The van der Waals surface area contributed by atoms with E-state index >= 15 is 0 Å². The molecule has 1 atom stereocenters. The summed E-state index contributed by atoms with van der Waals surface area (Å²) >= 11 is 4.85. The summed E-state index contributed by atoms with van der Waals surface area (Å²) in [6.07, 6.45) is 0. The van der Waals surface area contributed by atoms with Crippen LogP contribution in [0.2, 0.25) is 0 Å². The Morgan fingerprint density at radius 1 is 1.44 bits per heavy atom. The average Bonchev–Trinajstić information content (AvgIpc) is 2.37. The fourth-order valence-electron chi connectivity index (χ4n) is 1.25. The molecule has 2 amide bonds. The maximum absolute atomic E-state index is 11.9. The van der Waals surface area contributed by atoms with Crippen molar-refractivity contribution in [3.05, 3.63) is 24.3 Å². The molecule has 0 aliphatic rings. The first kappa shape index (κ1) is 14.2. The number of amides is 2. The molecule has 5 nitrogen and oxygen atoms in total.